The standard InChI is InChI=1S/C17H21N3O5.C2H6/c1-24-14(11-21)7-9-20-10-8-15(18-16(20)22)19-17(23)25-12-13-5-3-2-4-6-13;1-2/h2-6,8,10,14,21H,7,9,11-12H2,1H3,(H,18,19,22,23);1-2H3. The summed E-state index contributed by atoms with van der Waals surface area (Å²) in [5, 5.41) is 11.5. The Balaban J connectivity index is 0.00000176. The summed E-state index contributed by atoms with van der Waals surface area (Å²) in [6.07, 6.45) is 0.970. The number of methoxy groups -OCH3 is 1. The van der Waals surface area contributed by atoms with Crippen molar-refractivity contribution in [1.82, 2.24) is 9.55 Å². The maximum Gasteiger partial charge on any atom is 0.413 e. The van der Waals surface area contributed by atoms with Gasteiger partial charge in [-0.05, 0) is 18.1 Å². The number of aromatic nitrogens is 2. The molecule has 8 nitrogen and oxygen atoms in total. The second-order valence-electron chi connectivity index (χ2n) is 5.30. The summed E-state index contributed by atoms with van der Waals surface area (Å²) in [4.78, 5) is 27.5. The predicted octanol–water partition coefficient (Wildman–Crippen LogP) is 2.42. The molecule has 0 saturated heterocycles. The van der Waals surface area contributed by atoms with Crippen molar-refractivity contribution in [3.63, 3.8) is 0 Å². The molecule has 2 rings (SSSR count). The number of aryl methyl sites for hydroxylation is 1. The molecule has 1 amide bonds. The average molecular weight is 377 g/mol. The van der Waals surface area contributed by atoms with Gasteiger partial charge in [-0.25, -0.2) is 9.59 Å². The van der Waals surface area contributed by atoms with Gasteiger partial charge >= 0.3 is 11.8 Å². The van der Waals surface area contributed by atoms with Gasteiger partial charge in [-0.1, -0.05) is 44.2 Å². The molecule has 0 spiro atoms. The summed E-state index contributed by atoms with van der Waals surface area (Å²) in [5.41, 5.74) is 0.353. The second kappa shape index (κ2) is 12.6. The molecule has 2 aromatic rings. The molecule has 0 radical (unpaired) electrons. The van der Waals surface area contributed by atoms with Gasteiger partial charge < -0.3 is 14.6 Å². The molecule has 0 fully saturated rings. The molecule has 27 heavy (non-hydrogen) atoms. The van der Waals surface area contributed by atoms with E-state index in [-0.39, 0.29) is 25.1 Å². The topological polar surface area (TPSA) is 103 Å². The first kappa shape index (κ1) is 22.3. The number of aliphatic hydroxyl groups is 1. The first-order valence-electron chi connectivity index (χ1n) is 8.81. The minimum Gasteiger partial charge on any atom is -0.444 e. The molecule has 2 N–H and O–H groups in total. The minimum atomic E-state index is -0.687. The SMILES string of the molecule is CC.COC(CO)CCn1ccc(NC(=O)OCc2ccccc2)nc1=O. The number of benzene rings is 1. The number of carbonyl (C=O) groups excluding carboxylic acids is 1. The number of rotatable bonds is 8. The first-order valence-corrected chi connectivity index (χ1v) is 8.81. The van der Waals surface area contributed by atoms with Crippen LogP contribution in [0, 0.1) is 0 Å². The lowest BCUT2D eigenvalue weighted by Gasteiger charge is -2.13. The normalized spacial score (nSPS) is 11.1. The van der Waals surface area contributed by atoms with Crippen molar-refractivity contribution in [2.45, 2.75) is 39.5 Å². The largest absolute Gasteiger partial charge is 0.444 e. The predicted molar refractivity (Wildman–Crippen MR) is 103 cm³/mol. The Hall–Kier alpha value is -2.71. The molecule has 1 aromatic heterocycles. The Morgan fingerprint density at radius 3 is 2.56 bits per heavy atom. The van der Waals surface area contributed by atoms with Gasteiger partial charge in [0.25, 0.3) is 0 Å². The van der Waals surface area contributed by atoms with E-state index in [4.69, 9.17) is 14.6 Å². The Kier molecular flexibility index (Phi) is 10.4. The van der Waals surface area contributed by atoms with Gasteiger partial charge in [-0.2, -0.15) is 4.98 Å². The molecule has 0 saturated carbocycles. The highest BCUT2D eigenvalue weighted by molar-refractivity contribution is 5.83. The van der Waals surface area contributed by atoms with Gasteiger partial charge in [0, 0.05) is 19.9 Å². The number of ether oxygens (including phenoxy) is 2. The van der Waals surface area contributed by atoms with E-state index in [9.17, 15) is 9.59 Å². The monoisotopic (exact) mass is 377 g/mol. The lowest BCUT2D eigenvalue weighted by atomic mass is 10.2. The van der Waals surface area contributed by atoms with Crippen molar-refractivity contribution in [3.8, 4) is 0 Å². The summed E-state index contributed by atoms with van der Waals surface area (Å²) in [5.74, 6) is 0.116. The van der Waals surface area contributed by atoms with Crippen LogP contribution in [0.5, 0.6) is 0 Å². The van der Waals surface area contributed by atoms with Gasteiger partial charge in [0.05, 0.1) is 12.7 Å². The van der Waals surface area contributed by atoms with Gasteiger partial charge in [0.15, 0.2) is 0 Å². The molecule has 1 aromatic carbocycles. The van der Waals surface area contributed by atoms with Crippen LogP contribution in [0.25, 0.3) is 0 Å². The van der Waals surface area contributed by atoms with Crippen LogP contribution in [0.4, 0.5) is 10.6 Å². The zero-order valence-corrected chi connectivity index (χ0v) is 15.9. The lowest BCUT2D eigenvalue weighted by Crippen LogP contribution is -2.27. The third kappa shape index (κ3) is 8.02. The quantitative estimate of drug-likeness (QED) is 0.732. The Morgan fingerprint density at radius 2 is 1.96 bits per heavy atom. The van der Waals surface area contributed by atoms with Crippen LogP contribution in [0.1, 0.15) is 25.8 Å². The molecule has 1 atom stereocenters. The van der Waals surface area contributed by atoms with E-state index in [0.717, 1.165) is 5.56 Å². The van der Waals surface area contributed by atoms with Crippen LogP contribution >= 0.6 is 0 Å². The fraction of sp³-hybridized carbons (Fsp3) is 0.421. The van der Waals surface area contributed by atoms with Crippen molar-refractivity contribution in [2.75, 3.05) is 19.0 Å². The van der Waals surface area contributed by atoms with Gasteiger partial charge in [-0.3, -0.25) is 9.88 Å². The number of aliphatic hydroxyl groups excluding tert-OH is 1. The highest BCUT2D eigenvalue weighted by Gasteiger charge is 2.09. The Morgan fingerprint density at radius 1 is 1.26 bits per heavy atom. The van der Waals surface area contributed by atoms with E-state index in [0.29, 0.717) is 13.0 Å². The average Bonchev–Trinajstić information content (AvgIpc) is 2.71. The van der Waals surface area contributed by atoms with Crippen LogP contribution in [0.3, 0.4) is 0 Å². The second-order valence-corrected chi connectivity index (χ2v) is 5.30. The number of hydrogen-bond acceptors (Lipinski definition) is 6. The molecule has 1 heterocycles. The molecule has 0 bridgehead atoms. The Labute approximate surface area is 158 Å². The molecule has 1 unspecified atom stereocenters. The third-order valence-electron chi connectivity index (χ3n) is 3.55. The van der Waals surface area contributed by atoms with Gasteiger partial charge in [-0.15, -0.1) is 0 Å². The summed E-state index contributed by atoms with van der Waals surface area (Å²) in [6.45, 7) is 4.36. The van der Waals surface area contributed by atoms with Crippen LogP contribution < -0.4 is 11.0 Å². The third-order valence-corrected chi connectivity index (χ3v) is 3.55. The molecular weight excluding hydrogens is 350 g/mol. The molecule has 0 aliphatic rings. The highest BCUT2D eigenvalue weighted by atomic mass is 16.5. The van der Waals surface area contributed by atoms with Crippen molar-refractivity contribution < 1.29 is 19.4 Å². The number of anilines is 1. The van der Waals surface area contributed by atoms with E-state index < -0.39 is 11.8 Å². The molecular formula is C19H27N3O5. The summed E-state index contributed by atoms with van der Waals surface area (Å²) >= 11 is 0. The van der Waals surface area contributed by atoms with E-state index in [1.54, 1.807) is 0 Å². The molecule has 148 valence electrons. The number of amides is 1. The van der Waals surface area contributed by atoms with Crippen molar-refractivity contribution in [1.29, 1.82) is 0 Å². The van der Waals surface area contributed by atoms with Crippen molar-refractivity contribution in [3.05, 3.63) is 58.6 Å². The fourth-order valence-electron chi connectivity index (χ4n) is 2.10. The zero-order valence-electron chi connectivity index (χ0n) is 15.9. The smallest absolute Gasteiger partial charge is 0.413 e. The highest BCUT2D eigenvalue weighted by Crippen LogP contribution is 2.04. The van der Waals surface area contributed by atoms with Gasteiger partial charge in [0.2, 0.25) is 0 Å². The number of nitrogens with zero attached hydrogens (tertiary/aromatic N) is 2. The zero-order chi connectivity index (χ0) is 20.1. The van der Waals surface area contributed by atoms with Crippen molar-refractivity contribution >= 4 is 11.9 Å². The maximum absolute atomic E-state index is 11.9. The van der Waals surface area contributed by atoms with E-state index in [2.05, 4.69) is 10.3 Å². The fourth-order valence-corrected chi connectivity index (χ4v) is 2.10. The summed E-state index contributed by atoms with van der Waals surface area (Å²) < 4.78 is 11.5. The summed E-state index contributed by atoms with van der Waals surface area (Å²) in [6, 6.07) is 10.8. The van der Waals surface area contributed by atoms with Crippen LogP contribution in [-0.2, 0) is 22.6 Å². The van der Waals surface area contributed by atoms with Crippen molar-refractivity contribution in [2.24, 2.45) is 0 Å². The van der Waals surface area contributed by atoms with Crippen LogP contribution in [-0.4, -0.2) is 40.6 Å². The number of hydrogen-bond donors (Lipinski definition) is 2. The van der Waals surface area contributed by atoms with E-state index >= 15 is 0 Å². The molecule has 0 aliphatic heterocycles. The van der Waals surface area contributed by atoms with Crippen LogP contribution in [0.15, 0.2) is 47.4 Å². The van der Waals surface area contributed by atoms with Crippen LogP contribution in [0.2, 0.25) is 0 Å². The van der Waals surface area contributed by atoms with E-state index in [1.807, 2.05) is 44.2 Å². The Bertz CT molecular complexity index is 730. The maximum atomic E-state index is 11.9. The minimum absolute atomic E-state index is 0.116. The first-order chi connectivity index (χ1) is 13.1. The summed E-state index contributed by atoms with van der Waals surface area (Å²) in [7, 11) is 1.50. The molecule has 0 aliphatic carbocycles. The number of carbonyl (C=O) groups is 1. The van der Waals surface area contributed by atoms with E-state index in [1.165, 1.54) is 23.9 Å². The molecule has 8 heteroatoms. The van der Waals surface area contributed by atoms with Gasteiger partial charge in [0.1, 0.15) is 12.4 Å². The number of nitrogens with one attached hydrogen (secondary N) is 1. The lowest BCUT2D eigenvalue weighted by molar-refractivity contribution is 0.0401.